The zero-order chi connectivity index (χ0) is 26.7. The van der Waals surface area contributed by atoms with Gasteiger partial charge in [-0.2, -0.15) is 0 Å². The summed E-state index contributed by atoms with van der Waals surface area (Å²) in [4.78, 5) is 31.3. The number of fused-ring (bicyclic) bond motifs is 4. The first kappa shape index (κ1) is 24.2. The number of nitrogens with zero attached hydrogens (tertiary/aromatic N) is 3. The van der Waals surface area contributed by atoms with Gasteiger partial charge in [0.1, 0.15) is 16.8 Å². The topological polar surface area (TPSA) is 66.8 Å². The summed E-state index contributed by atoms with van der Waals surface area (Å²) in [6.45, 7) is 2.99. The van der Waals surface area contributed by atoms with Crippen LogP contribution in [0.5, 0.6) is 11.5 Å². The molecule has 8 heteroatoms. The monoisotopic (exact) mass is 526 g/mol. The van der Waals surface area contributed by atoms with E-state index in [0.29, 0.717) is 41.0 Å². The second kappa shape index (κ2) is 9.38. The molecule has 7 nitrogen and oxygen atoms in total. The van der Waals surface area contributed by atoms with E-state index in [4.69, 9.17) is 4.74 Å². The molecule has 3 aromatic carbocycles. The number of ether oxygens (including phenoxy) is 1. The highest BCUT2D eigenvalue weighted by molar-refractivity contribution is 6.03. The van der Waals surface area contributed by atoms with Crippen LogP contribution in [0.1, 0.15) is 42.5 Å². The molecule has 0 radical (unpaired) electrons. The third-order valence-corrected chi connectivity index (χ3v) is 8.59. The minimum Gasteiger partial charge on any atom is -0.450 e. The Morgan fingerprint density at radius 1 is 1.05 bits per heavy atom. The predicted molar refractivity (Wildman–Crippen MR) is 151 cm³/mol. The van der Waals surface area contributed by atoms with E-state index in [1.165, 1.54) is 6.07 Å². The number of carbonyl (C=O) groups excluding carboxylic acids is 1. The van der Waals surface area contributed by atoms with Gasteiger partial charge in [-0.1, -0.05) is 30.3 Å². The Kier molecular flexibility index (Phi) is 5.81. The molecular weight excluding hydrogens is 495 g/mol. The molecule has 200 valence electrons. The normalized spacial score (nSPS) is 18.5. The number of hydrogen-bond acceptors (Lipinski definition) is 5. The lowest BCUT2D eigenvalue weighted by Gasteiger charge is -2.29. The quantitative estimate of drug-likeness (QED) is 0.341. The minimum absolute atomic E-state index is 0.00237. The van der Waals surface area contributed by atoms with Crippen molar-refractivity contribution in [1.82, 2.24) is 14.8 Å². The van der Waals surface area contributed by atoms with Crippen LogP contribution in [0.2, 0.25) is 0 Å². The zero-order valence-corrected chi connectivity index (χ0v) is 22.0. The third-order valence-electron chi connectivity index (χ3n) is 8.59. The molecule has 3 aliphatic rings. The third kappa shape index (κ3) is 3.88. The molecule has 0 bridgehead atoms. The highest BCUT2D eigenvalue weighted by atomic mass is 19.1. The molecule has 1 unspecified atom stereocenters. The molecule has 4 aromatic rings. The number of rotatable bonds is 5. The van der Waals surface area contributed by atoms with Gasteiger partial charge in [-0.3, -0.25) is 9.59 Å². The van der Waals surface area contributed by atoms with Crippen molar-refractivity contribution in [2.75, 3.05) is 38.1 Å². The number of hydrogen-bond donors (Lipinski definition) is 1. The fourth-order valence-electron chi connectivity index (χ4n) is 6.52. The van der Waals surface area contributed by atoms with E-state index in [9.17, 15) is 9.59 Å². The van der Waals surface area contributed by atoms with Crippen molar-refractivity contribution < 1.29 is 13.9 Å². The molecule has 0 spiro atoms. The molecule has 0 saturated carbocycles. The summed E-state index contributed by atoms with van der Waals surface area (Å²) in [5, 5.41) is 4.97. The van der Waals surface area contributed by atoms with Crippen LogP contribution in [0, 0.1) is 5.82 Å². The summed E-state index contributed by atoms with van der Waals surface area (Å²) < 4.78 is 24.2. The van der Waals surface area contributed by atoms with Gasteiger partial charge in [0.05, 0.1) is 11.1 Å². The fraction of sp³-hybridized carbons (Fsp3) is 0.355. The second-order valence-electron chi connectivity index (χ2n) is 10.9. The van der Waals surface area contributed by atoms with E-state index in [2.05, 4.69) is 17.3 Å². The van der Waals surface area contributed by atoms with E-state index in [-0.39, 0.29) is 10.9 Å². The Morgan fingerprint density at radius 3 is 2.67 bits per heavy atom. The molecular formula is C31H31FN4O3. The molecule has 0 aliphatic carbocycles. The minimum atomic E-state index is -0.506. The first-order valence-corrected chi connectivity index (χ1v) is 13.9. The maximum atomic E-state index is 15.8. The molecule has 2 saturated heterocycles. The van der Waals surface area contributed by atoms with Crippen molar-refractivity contribution in [3.63, 3.8) is 0 Å². The number of amides is 1. The van der Waals surface area contributed by atoms with E-state index in [1.54, 1.807) is 6.20 Å². The molecule has 7 rings (SSSR count). The molecule has 3 aliphatic heterocycles. The van der Waals surface area contributed by atoms with Gasteiger partial charge in [-0.05, 0) is 63.2 Å². The molecule has 1 N–H and O–H groups in total. The first-order valence-electron chi connectivity index (χ1n) is 13.9. The van der Waals surface area contributed by atoms with Crippen molar-refractivity contribution in [2.24, 2.45) is 0 Å². The molecule has 1 atom stereocenters. The van der Waals surface area contributed by atoms with Crippen LogP contribution in [0.25, 0.3) is 27.4 Å². The Hall–Kier alpha value is -3.91. The zero-order valence-electron chi connectivity index (χ0n) is 22.0. The van der Waals surface area contributed by atoms with E-state index >= 15 is 4.39 Å². The second-order valence-corrected chi connectivity index (χ2v) is 10.9. The largest absolute Gasteiger partial charge is 0.450 e. The van der Waals surface area contributed by atoms with Crippen molar-refractivity contribution in [3.8, 4) is 17.2 Å². The van der Waals surface area contributed by atoms with Crippen LogP contribution in [0.4, 0.5) is 10.1 Å². The number of nitrogens with one attached hydrogen (secondary N) is 1. The maximum Gasteiger partial charge on any atom is 0.256 e. The summed E-state index contributed by atoms with van der Waals surface area (Å²) in [6.07, 6.45) is 6.64. The lowest BCUT2D eigenvalue weighted by molar-refractivity contribution is 0.0949. The van der Waals surface area contributed by atoms with Crippen molar-refractivity contribution in [3.05, 3.63) is 70.3 Å². The number of halogens is 1. The van der Waals surface area contributed by atoms with Crippen LogP contribution < -0.4 is 20.4 Å². The van der Waals surface area contributed by atoms with Gasteiger partial charge in [0.25, 0.3) is 5.91 Å². The van der Waals surface area contributed by atoms with Gasteiger partial charge < -0.3 is 24.4 Å². The van der Waals surface area contributed by atoms with Crippen LogP contribution >= 0.6 is 0 Å². The number of carbonyl (C=O) groups is 1. The van der Waals surface area contributed by atoms with Crippen molar-refractivity contribution >= 4 is 33.3 Å². The molecule has 4 heterocycles. The fourth-order valence-corrected chi connectivity index (χ4v) is 6.52. The molecule has 1 amide bonds. The molecule has 39 heavy (non-hydrogen) atoms. The number of benzene rings is 3. The average molecular weight is 527 g/mol. The van der Waals surface area contributed by atoms with Crippen LogP contribution in [-0.4, -0.2) is 54.6 Å². The van der Waals surface area contributed by atoms with Gasteiger partial charge in [-0.25, -0.2) is 4.39 Å². The SMILES string of the molecule is CN1CCCC1CCNC(=O)c1cn2c3c(c(N4CCCC4)c(F)cc3c1=O)Oc1c-2ccc2ccccc12. The predicted octanol–water partition coefficient (Wildman–Crippen LogP) is 5.20. The maximum absolute atomic E-state index is 15.8. The van der Waals surface area contributed by atoms with Gasteiger partial charge in [0.15, 0.2) is 17.3 Å². The summed E-state index contributed by atoms with van der Waals surface area (Å²) in [7, 11) is 2.10. The smallest absolute Gasteiger partial charge is 0.256 e. The van der Waals surface area contributed by atoms with Crippen LogP contribution in [0.3, 0.4) is 0 Å². The number of likely N-dealkylation sites (tertiary alicyclic amines) is 1. The number of pyridine rings is 1. The van der Waals surface area contributed by atoms with Gasteiger partial charge in [0, 0.05) is 37.3 Å². The Labute approximate surface area is 225 Å². The highest BCUT2D eigenvalue weighted by Crippen LogP contribution is 2.49. The lowest BCUT2D eigenvalue weighted by atomic mass is 10.0. The van der Waals surface area contributed by atoms with E-state index in [0.717, 1.165) is 62.5 Å². The van der Waals surface area contributed by atoms with Crippen LogP contribution in [0.15, 0.2) is 53.5 Å². The van der Waals surface area contributed by atoms with E-state index < -0.39 is 17.2 Å². The number of anilines is 1. The summed E-state index contributed by atoms with van der Waals surface area (Å²) in [5.41, 5.74) is 1.10. The van der Waals surface area contributed by atoms with Gasteiger partial charge in [0.2, 0.25) is 5.43 Å². The Balaban J connectivity index is 1.38. The summed E-state index contributed by atoms with van der Waals surface area (Å²) in [6, 6.07) is 13.5. The Bertz CT molecular complexity index is 1690. The average Bonchev–Trinajstić information content (AvgIpc) is 3.62. The van der Waals surface area contributed by atoms with E-state index in [1.807, 2.05) is 45.9 Å². The Morgan fingerprint density at radius 2 is 1.87 bits per heavy atom. The molecule has 2 fully saturated rings. The lowest BCUT2D eigenvalue weighted by Crippen LogP contribution is -2.34. The first-order chi connectivity index (χ1) is 19.0. The molecule has 1 aromatic heterocycles. The van der Waals surface area contributed by atoms with Gasteiger partial charge in [-0.15, -0.1) is 0 Å². The standard InChI is InChI=1S/C31H31FN4O3/c1-34-14-6-8-20(34)12-13-33-31(38)23-18-36-25-11-10-19-7-2-3-9-21(19)29(25)39-30-26(36)22(28(23)37)17-24(32)27(30)35-15-4-5-16-35/h2-3,7,9-11,17-18,20H,4-6,8,12-16H2,1H3,(H,33,38). The highest BCUT2D eigenvalue weighted by Gasteiger charge is 2.32. The van der Waals surface area contributed by atoms with Gasteiger partial charge >= 0.3 is 0 Å². The van der Waals surface area contributed by atoms with Crippen molar-refractivity contribution in [2.45, 2.75) is 38.1 Å². The summed E-state index contributed by atoms with van der Waals surface area (Å²) >= 11 is 0. The number of aromatic nitrogens is 1. The van der Waals surface area contributed by atoms with Crippen molar-refractivity contribution in [1.29, 1.82) is 0 Å². The summed E-state index contributed by atoms with van der Waals surface area (Å²) in [5.74, 6) is -0.0180. The van der Waals surface area contributed by atoms with Crippen LogP contribution in [-0.2, 0) is 0 Å².